The number of thiocarbonyl (C=S) groups is 1. The van der Waals surface area contributed by atoms with Gasteiger partial charge in [0.2, 0.25) is 0 Å². The van der Waals surface area contributed by atoms with E-state index in [0.717, 1.165) is 5.69 Å². The average molecular weight is 286 g/mol. The van der Waals surface area contributed by atoms with Crippen LogP contribution < -0.4 is 16.1 Å². The quantitative estimate of drug-likeness (QED) is 0.747. The van der Waals surface area contributed by atoms with E-state index in [1.807, 2.05) is 22.9 Å². The molecule has 100 valence electrons. The molecule has 2 aliphatic heterocycles. The predicted molar refractivity (Wildman–Crippen MR) is 76.6 cm³/mol. The van der Waals surface area contributed by atoms with Crippen molar-refractivity contribution in [2.45, 2.75) is 12.8 Å². The summed E-state index contributed by atoms with van der Waals surface area (Å²) in [4.78, 5) is 12.2. The summed E-state index contributed by atoms with van der Waals surface area (Å²) in [7, 11) is 0. The highest BCUT2D eigenvalue weighted by Gasteiger charge is 2.42. The van der Waals surface area contributed by atoms with Gasteiger partial charge in [0, 0.05) is 18.0 Å². The Morgan fingerprint density at radius 3 is 3.05 bits per heavy atom. The number of ether oxygens (including phenoxy) is 1. The summed E-state index contributed by atoms with van der Waals surface area (Å²) in [6.45, 7) is 1.70. The number of hydrogen-bond donors (Lipinski definition) is 1. The Kier molecular flexibility index (Phi) is 2.07. The molecule has 0 fully saturated rings. The van der Waals surface area contributed by atoms with Crippen molar-refractivity contribution < 1.29 is 9.15 Å². The van der Waals surface area contributed by atoms with Crippen LogP contribution in [0.2, 0.25) is 0 Å². The summed E-state index contributed by atoms with van der Waals surface area (Å²) >= 11 is 5.29. The van der Waals surface area contributed by atoms with Crippen LogP contribution in [-0.4, -0.2) is 9.62 Å². The Morgan fingerprint density at radius 1 is 1.45 bits per heavy atom. The molecule has 4 rings (SSSR count). The molecule has 6 heteroatoms. The smallest absolute Gasteiger partial charge is 0.343 e. The first kappa shape index (κ1) is 11.5. The normalized spacial score (nSPS) is 19.4. The Bertz CT molecular complexity index is 860. The van der Waals surface area contributed by atoms with Gasteiger partial charge < -0.3 is 19.5 Å². The fourth-order valence-corrected chi connectivity index (χ4v) is 3.19. The van der Waals surface area contributed by atoms with Crippen LogP contribution in [0.4, 0.5) is 0 Å². The van der Waals surface area contributed by atoms with Crippen molar-refractivity contribution in [1.29, 1.82) is 0 Å². The van der Waals surface area contributed by atoms with Crippen molar-refractivity contribution in [3.63, 3.8) is 0 Å². The van der Waals surface area contributed by atoms with Crippen LogP contribution in [0.5, 0.6) is 5.75 Å². The van der Waals surface area contributed by atoms with Crippen molar-refractivity contribution in [2.24, 2.45) is 5.73 Å². The minimum Gasteiger partial charge on any atom is -0.445 e. The van der Waals surface area contributed by atoms with Gasteiger partial charge in [0.05, 0.1) is 17.1 Å². The zero-order valence-corrected chi connectivity index (χ0v) is 11.4. The Morgan fingerprint density at radius 2 is 2.25 bits per heavy atom. The summed E-state index contributed by atoms with van der Waals surface area (Å²) in [5, 5.41) is 0.314. The molecule has 0 bridgehead atoms. The molecule has 2 aliphatic rings. The lowest BCUT2D eigenvalue weighted by Crippen LogP contribution is -2.27. The van der Waals surface area contributed by atoms with Crippen LogP contribution in [0.3, 0.4) is 0 Å². The van der Waals surface area contributed by atoms with Gasteiger partial charge in [-0.05, 0) is 31.3 Å². The molecule has 0 aromatic carbocycles. The maximum absolute atomic E-state index is 12.2. The molecule has 2 aromatic rings. The average Bonchev–Trinajstić information content (AvgIpc) is 2.92. The number of aryl methyl sites for hydroxylation is 1. The predicted octanol–water partition coefficient (Wildman–Crippen LogP) is 1.74. The second kappa shape index (κ2) is 3.61. The molecule has 2 N–H and O–H groups in total. The van der Waals surface area contributed by atoms with E-state index in [2.05, 4.69) is 0 Å². The number of rotatable bonds is 0. The van der Waals surface area contributed by atoms with E-state index < -0.39 is 5.63 Å². The van der Waals surface area contributed by atoms with Crippen LogP contribution >= 0.6 is 12.2 Å². The van der Waals surface area contributed by atoms with Crippen LogP contribution in [0.1, 0.15) is 22.9 Å². The molecule has 20 heavy (non-hydrogen) atoms. The van der Waals surface area contributed by atoms with E-state index in [4.69, 9.17) is 27.1 Å². The molecular weight excluding hydrogens is 276 g/mol. The number of aromatic nitrogens is 1. The molecule has 0 saturated carbocycles. The summed E-state index contributed by atoms with van der Waals surface area (Å²) < 4.78 is 12.6. The third kappa shape index (κ3) is 1.26. The molecule has 2 aromatic heterocycles. The van der Waals surface area contributed by atoms with Crippen LogP contribution in [0.15, 0.2) is 39.2 Å². The zero-order valence-electron chi connectivity index (χ0n) is 10.5. The molecule has 0 saturated heterocycles. The Labute approximate surface area is 119 Å². The molecule has 1 unspecified atom stereocenters. The molecule has 5 nitrogen and oxygen atoms in total. The lowest BCUT2D eigenvalue weighted by atomic mass is 9.89. The van der Waals surface area contributed by atoms with Gasteiger partial charge in [-0.1, -0.05) is 0 Å². The molecule has 4 heterocycles. The molecule has 0 amide bonds. The summed E-state index contributed by atoms with van der Waals surface area (Å²) in [6, 6.07) is 5.48. The highest BCUT2D eigenvalue weighted by atomic mass is 32.1. The monoisotopic (exact) mass is 286 g/mol. The van der Waals surface area contributed by atoms with Crippen molar-refractivity contribution in [3.8, 4) is 5.75 Å². The zero-order chi connectivity index (χ0) is 14.0. The number of fused-ring (bicyclic) bond motifs is 5. The van der Waals surface area contributed by atoms with Gasteiger partial charge >= 0.3 is 5.63 Å². The van der Waals surface area contributed by atoms with Gasteiger partial charge in [-0.15, -0.1) is 0 Å². The first-order chi connectivity index (χ1) is 9.58. The van der Waals surface area contributed by atoms with E-state index in [1.165, 1.54) is 0 Å². The van der Waals surface area contributed by atoms with Crippen molar-refractivity contribution >= 4 is 23.1 Å². The first-order valence-corrected chi connectivity index (χ1v) is 6.53. The van der Waals surface area contributed by atoms with E-state index in [-0.39, 0.29) is 5.92 Å². The largest absolute Gasteiger partial charge is 0.445 e. The topological polar surface area (TPSA) is 70.4 Å². The SMILES string of the molecule is Cc1cc2c(c(=O)o1)C1C(=C(N)n3cccc31)C(=S)O2. The highest BCUT2D eigenvalue weighted by molar-refractivity contribution is 7.80. The van der Waals surface area contributed by atoms with Crippen molar-refractivity contribution in [1.82, 2.24) is 4.57 Å². The van der Waals surface area contributed by atoms with Gasteiger partial charge in [0.25, 0.3) is 0 Å². The first-order valence-electron chi connectivity index (χ1n) is 6.12. The Hall–Kier alpha value is -2.34. The number of nitrogens with zero attached hydrogens (tertiary/aromatic N) is 1. The maximum atomic E-state index is 12.2. The fourth-order valence-electron chi connectivity index (χ4n) is 2.88. The van der Waals surface area contributed by atoms with Gasteiger partial charge in [0.1, 0.15) is 17.3 Å². The molecule has 1 atom stereocenters. The minimum atomic E-state index is -0.410. The third-order valence-corrected chi connectivity index (χ3v) is 3.99. The van der Waals surface area contributed by atoms with Gasteiger partial charge in [-0.2, -0.15) is 0 Å². The summed E-state index contributed by atoms with van der Waals surface area (Å²) in [5.41, 5.74) is 7.73. The minimum absolute atomic E-state index is 0.307. The third-order valence-electron chi connectivity index (χ3n) is 3.68. The van der Waals surface area contributed by atoms with Crippen LogP contribution in [0.25, 0.3) is 5.82 Å². The van der Waals surface area contributed by atoms with Crippen LogP contribution in [-0.2, 0) is 0 Å². The van der Waals surface area contributed by atoms with Crippen molar-refractivity contribution in [2.75, 3.05) is 0 Å². The second-order valence-electron chi connectivity index (χ2n) is 4.85. The number of nitrogens with two attached hydrogens (primary N) is 1. The summed E-state index contributed by atoms with van der Waals surface area (Å²) in [6.07, 6.45) is 1.84. The molecular formula is C14H10N2O3S. The van der Waals surface area contributed by atoms with Gasteiger partial charge in [-0.3, -0.25) is 0 Å². The highest BCUT2D eigenvalue weighted by Crippen LogP contribution is 2.46. The lowest BCUT2D eigenvalue weighted by Gasteiger charge is -2.23. The van der Waals surface area contributed by atoms with E-state index in [9.17, 15) is 4.79 Å². The summed E-state index contributed by atoms with van der Waals surface area (Å²) in [5.74, 6) is 1.15. The van der Waals surface area contributed by atoms with Crippen molar-refractivity contribution in [3.05, 3.63) is 57.4 Å². The van der Waals surface area contributed by atoms with E-state index in [0.29, 0.717) is 33.5 Å². The molecule has 0 spiro atoms. The molecule has 0 radical (unpaired) electrons. The number of hydrogen-bond acceptors (Lipinski definition) is 5. The lowest BCUT2D eigenvalue weighted by molar-refractivity contribution is 0.442. The maximum Gasteiger partial charge on any atom is 0.343 e. The van der Waals surface area contributed by atoms with Gasteiger partial charge in [0.15, 0.2) is 5.05 Å². The van der Waals surface area contributed by atoms with Crippen LogP contribution in [0, 0.1) is 6.92 Å². The second-order valence-corrected chi connectivity index (χ2v) is 5.22. The van der Waals surface area contributed by atoms with E-state index in [1.54, 1.807) is 13.0 Å². The standard InChI is InChI=1S/C14H10N2O3S/c1-6-5-8-10(13(17)18-6)9-7-3-2-4-16(7)12(15)11(9)14(20)19-8/h2-5,9H,15H2,1H3. The Balaban J connectivity index is 2.10. The fraction of sp³-hybridized carbons (Fsp3) is 0.143. The van der Waals surface area contributed by atoms with Gasteiger partial charge in [-0.25, -0.2) is 4.79 Å². The molecule has 0 aliphatic carbocycles. The van der Waals surface area contributed by atoms with E-state index >= 15 is 0 Å².